The van der Waals surface area contributed by atoms with Crippen molar-refractivity contribution < 1.29 is 23.8 Å². The van der Waals surface area contributed by atoms with Gasteiger partial charge < -0.3 is 19.5 Å². The van der Waals surface area contributed by atoms with Gasteiger partial charge in [-0.2, -0.15) is 5.10 Å². The predicted molar refractivity (Wildman–Crippen MR) is 147 cm³/mol. The fourth-order valence-corrected chi connectivity index (χ4v) is 3.73. The summed E-state index contributed by atoms with van der Waals surface area (Å²) in [5.41, 5.74) is 5.40. The van der Waals surface area contributed by atoms with E-state index in [0.29, 0.717) is 29.2 Å². The molecule has 194 valence electrons. The average molecular weight is 520 g/mol. The van der Waals surface area contributed by atoms with E-state index in [1.807, 2.05) is 60.7 Å². The second-order valence-corrected chi connectivity index (χ2v) is 8.53. The largest absolute Gasteiger partial charge is 0.489 e. The molecular formula is C31H25N3O5. The maximum Gasteiger partial charge on any atom is 0.287 e. The Morgan fingerprint density at radius 2 is 1.51 bits per heavy atom. The molecule has 0 aromatic heterocycles. The van der Waals surface area contributed by atoms with Crippen molar-refractivity contribution in [2.75, 3.05) is 6.79 Å². The molecule has 39 heavy (non-hydrogen) atoms. The number of hydrogen-bond acceptors (Lipinski definition) is 6. The van der Waals surface area contributed by atoms with E-state index in [-0.39, 0.29) is 12.5 Å². The molecule has 2 amide bonds. The first kappa shape index (κ1) is 25.3. The summed E-state index contributed by atoms with van der Waals surface area (Å²) >= 11 is 0. The molecule has 8 heteroatoms. The van der Waals surface area contributed by atoms with E-state index in [9.17, 15) is 9.59 Å². The van der Waals surface area contributed by atoms with Gasteiger partial charge in [0.25, 0.3) is 11.8 Å². The van der Waals surface area contributed by atoms with Crippen molar-refractivity contribution in [1.82, 2.24) is 10.7 Å². The predicted octanol–water partition coefficient (Wildman–Crippen LogP) is 4.92. The highest BCUT2D eigenvalue weighted by molar-refractivity contribution is 6.05. The minimum atomic E-state index is -0.587. The lowest BCUT2D eigenvalue weighted by molar-refractivity contribution is -0.117. The molecule has 0 atom stereocenters. The third-order valence-corrected chi connectivity index (χ3v) is 5.74. The molecule has 1 heterocycles. The molecule has 1 aliphatic rings. The van der Waals surface area contributed by atoms with Crippen molar-refractivity contribution in [3.05, 3.63) is 131 Å². The lowest BCUT2D eigenvalue weighted by Crippen LogP contribution is -2.32. The average Bonchev–Trinajstić information content (AvgIpc) is 3.45. The molecular weight excluding hydrogens is 494 g/mol. The molecule has 4 aromatic rings. The molecule has 0 radical (unpaired) electrons. The van der Waals surface area contributed by atoms with Crippen LogP contribution in [0.2, 0.25) is 0 Å². The van der Waals surface area contributed by atoms with E-state index in [1.54, 1.807) is 48.5 Å². The SMILES string of the molecule is O=C(NN=Cc1ccc(OCc2ccccc2)cc1)C(=Cc1ccc2c(c1)OCO2)NC(=O)c1ccccc1. The zero-order valence-electron chi connectivity index (χ0n) is 20.9. The number of hydrazone groups is 1. The van der Waals surface area contributed by atoms with Gasteiger partial charge in [-0.15, -0.1) is 0 Å². The number of fused-ring (bicyclic) bond motifs is 1. The maximum atomic E-state index is 13.0. The van der Waals surface area contributed by atoms with Crippen molar-refractivity contribution in [1.29, 1.82) is 0 Å². The van der Waals surface area contributed by atoms with Crippen molar-refractivity contribution in [3.63, 3.8) is 0 Å². The second kappa shape index (κ2) is 12.2. The quantitative estimate of drug-likeness (QED) is 0.186. The molecule has 0 bridgehead atoms. The molecule has 0 saturated carbocycles. The molecule has 4 aromatic carbocycles. The topological polar surface area (TPSA) is 98.2 Å². The van der Waals surface area contributed by atoms with Crippen LogP contribution in [-0.2, 0) is 11.4 Å². The zero-order valence-corrected chi connectivity index (χ0v) is 20.9. The Labute approximate surface area is 225 Å². The number of carbonyl (C=O) groups excluding carboxylic acids is 2. The van der Waals surface area contributed by atoms with E-state index < -0.39 is 11.8 Å². The van der Waals surface area contributed by atoms with E-state index >= 15 is 0 Å². The van der Waals surface area contributed by atoms with Crippen LogP contribution in [0.1, 0.15) is 27.0 Å². The number of rotatable bonds is 9. The zero-order chi connectivity index (χ0) is 26.9. The Morgan fingerprint density at radius 3 is 2.28 bits per heavy atom. The van der Waals surface area contributed by atoms with Crippen LogP contribution in [0.15, 0.2) is 114 Å². The first-order valence-electron chi connectivity index (χ1n) is 12.2. The van der Waals surface area contributed by atoms with Crippen molar-refractivity contribution in [2.45, 2.75) is 6.61 Å². The Balaban J connectivity index is 1.25. The highest BCUT2D eigenvalue weighted by Gasteiger charge is 2.17. The van der Waals surface area contributed by atoms with Gasteiger partial charge in [-0.05, 0) is 71.3 Å². The van der Waals surface area contributed by atoms with Gasteiger partial charge in [-0.25, -0.2) is 5.43 Å². The summed E-state index contributed by atoms with van der Waals surface area (Å²) in [5.74, 6) is 0.890. The van der Waals surface area contributed by atoms with E-state index in [2.05, 4.69) is 15.8 Å². The van der Waals surface area contributed by atoms with Gasteiger partial charge in [0.05, 0.1) is 6.21 Å². The fourth-order valence-electron chi connectivity index (χ4n) is 3.73. The van der Waals surface area contributed by atoms with E-state index in [4.69, 9.17) is 14.2 Å². The highest BCUT2D eigenvalue weighted by atomic mass is 16.7. The van der Waals surface area contributed by atoms with Crippen molar-refractivity contribution in [2.24, 2.45) is 5.10 Å². The smallest absolute Gasteiger partial charge is 0.287 e. The van der Waals surface area contributed by atoms with Crippen LogP contribution in [0, 0.1) is 0 Å². The van der Waals surface area contributed by atoms with Crippen LogP contribution in [0.5, 0.6) is 17.2 Å². The van der Waals surface area contributed by atoms with Gasteiger partial charge in [0, 0.05) is 5.56 Å². The summed E-state index contributed by atoms with van der Waals surface area (Å²) in [6.45, 7) is 0.604. The molecule has 0 spiro atoms. The van der Waals surface area contributed by atoms with Crippen LogP contribution < -0.4 is 25.0 Å². The van der Waals surface area contributed by atoms with E-state index in [1.165, 1.54) is 6.21 Å². The number of nitrogens with one attached hydrogen (secondary N) is 2. The molecule has 5 rings (SSSR count). The highest BCUT2D eigenvalue weighted by Crippen LogP contribution is 2.33. The third kappa shape index (κ3) is 6.90. The van der Waals surface area contributed by atoms with Crippen LogP contribution in [0.25, 0.3) is 6.08 Å². The van der Waals surface area contributed by atoms with E-state index in [0.717, 1.165) is 16.9 Å². The molecule has 1 aliphatic heterocycles. The van der Waals surface area contributed by atoms with Crippen LogP contribution >= 0.6 is 0 Å². The van der Waals surface area contributed by atoms with Gasteiger partial charge in [-0.3, -0.25) is 9.59 Å². The lowest BCUT2D eigenvalue weighted by Gasteiger charge is -2.09. The molecule has 2 N–H and O–H groups in total. The summed E-state index contributed by atoms with van der Waals surface area (Å²) in [7, 11) is 0. The minimum absolute atomic E-state index is 0.0181. The Hall–Kier alpha value is -5.37. The normalized spacial score (nSPS) is 12.3. The first-order chi connectivity index (χ1) is 19.1. The molecule has 0 unspecified atom stereocenters. The molecule has 0 saturated heterocycles. The summed E-state index contributed by atoms with van der Waals surface area (Å²) in [6, 6.07) is 31.1. The Morgan fingerprint density at radius 1 is 0.821 bits per heavy atom. The maximum absolute atomic E-state index is 13.0. The van der Waals surface area contributed by atoms with Crippen LogP contribution in [-0.4, -0.2) is 24.8 Å². The first-order valence-corrected chi connectivity index (χ1v) is 12.2. The van der Waals surface area contributed by atoms with Gasteiger partial charge in [0.2, 0.25) is 6.79 Å². The monoisotopic (exact) mass is 519 g/mol. The molecule has 0 aliphatic carbocycles. The van der Waals surface area contributed by atoms with Crippen molar-refractivity contribution >= 4 is 24.1 Å². The summed E-state index contributed by atoms with van der Waals surface area (Å²) in [6.07, 6.45) is 3.06. The van der Waals surface area contributed by atoms with Crippen molar-refractivity contribution in [3.8, 4) is 17.2 Å². The fraction of sp³-hybridized carbons (Fsp3) is 0.0645. The number of hydrogen-bond donors (Lipinski definition) is 2. The number of amides is 2. The lowest BCUT2D eigenvalue weighted by atomic mass is 10.1. The van der Waals surface area contributed by atoms with Gasteiger partial charge in [0.15, 0.2) is 11.5 Å². The van der Waals surface area contributed by atoms with Crippen LogP contribution in [0.4, 0.5) is 0 Å². The van der Waals surface area contributed by atoms with Crippen LogP contribution in [0.3, 0.4) is 0 Å². The standard InChI is InChI=1S/C31H25N3O5/c35-30(25-9-5-2-6-10-25)33-27(17-24-13-16-28-29(18-24)39-21-38-28)31(36)34-32-19-22-11-14-26(15-12-22)37-20-23-7-3-1-4-8-23/h1-19H,20-21H2,(H,33,35)(H,34,36). The third-order valence-electron chi connectivity index (χ3n) is 5.74. The second-order valence-electron chi connectivity index (χ2n) is 8.53. The molecule has 8 nitrogen and oxygen atoms in total. The van der Waals surface area contributed by atoms with Gasteiger partial charge in [-0.1, -0.05) is 54.6 Å². The minimum Gasteiger partial charge on any atom is -0.489 e. The van der Waals surface area contributed by atoms with Gasteiger partial charge in [0.1, 0.15) is 18.1 Å². The number of nitrogens with zero attached hydrogens (tertiary/aromatic N) is 1. The van der Waals surface area contributed by atoms with Gasteiger partial charge >= 0.3 is 0 Å². The Bertz CT molecular complexity index is 1500. The number of carbonyl (C=O) groups is 2. The molecule has 0 fully saturated rings. The summed E-state index contributed by atoms with van der Waals surface area (Å²) < 4.78 is 16.6. The number of benzene rings is 4. The Kier molecular flexibility index (Phi) is 7.94. The summed E-state index contributed by atoms with van der Waals surface area (Å²) in [5, 5.41) is 6.74. The number of ether oxygens (including phenoxy) is 3. The summed E-state index contributed by atoms with van der Waals surface area (Å²) in [4.78, 5) is 25.8.